The Bertz CT molecular complexity index is 1560. The van der Waals surface area contributed by atoms with Crippen molar-refractivity contribution in [1.29, 1.82) is 0 Å². The minimum atomic E-state index is -0.581. The molecule has 4 aromatic rings. The summed E-state index contributed by atoms with van der Waals surface area (Å²) in [7, 11) is 1.91. The summed E-state index contributed by atoms with van der Waals surface area (Å²) in [5, 5.41) is 30.0. The minimum Gasteiger partial charge on any atom is -0.392 e. The summed E-state index contributed by atoms with van der Waals surface area (Å²) in [5.41, 5.74) is 7.29. The van der Waals surface area contributed by atoms with Crippen LogP contribution in [0.5, 0.6) is 0 Å². The molecule has 0 unspecified atom stereocenters. The third-order valence-electron chi connectivity index (χ3n) is 7.60. The molecule has 1 aromatic heterocycles. The molecule has 1 saturated heterocycles. The highest BCUT2D eigenvalue weighted by molar-refractivity contribution is 7.99. The van der Waals surface area contributed by atoms with Gasteiger partial charge < -0.3 is 24.5 Å². The molecule has 0 bridgehead atoms. The zero-order valence-corrected chi connectivity index (χ0v) is 25.8. The standard InChI is InChI=1S/C33H37N5O6S/c1-38-21-35-36-33(38)45-20-27-17-29(24-11-9-22(19-39)10-12-24)44-32(43-27)25-15-13-23(14-16-25)28-6-3-2-5-26(28)18-34-30(40)7-4-8-31(41)37-42/h2-3,5-6,9-16,21,27,29,32,39,42H,4,7-8,17-20H2,1H3,(H,34,40)(H,37,41)/t27-,29+,32+/m1/s1. The number of carbonyl (C=O) groups is 2. The van der Waals surface area contributed by atoms with Crippen LogP contribution in [0.15, 0.2) is 84.3 Å². The zero-order chi connectivity index (χ0) is 31.6. The summed E-state index contributed by atoms with van der Waals surface area (Å²) in [5.74, 6) is 0.0119. The van der Waals surface area contributed by atoms with E-state index < -0.39 is 12.2 Å². The lowest BCUT2D eigenvalue weighted by Gasteiger charge is -2.36. The van der Waals surface area contributed by atoms with E-state index in [-0.39, 0.29) is 37.6 Å². The average Bonchev–Trinajstić information content (AvgIpc) is 3.50. The second-order valence-electron chi connectivity index (χ2n) is 10.8. The Balaban J connectivity index is 1.28. The van der Waals surface area contributed by atoms with Crippen LogP contribution in [0, 0.1) is 0 Å². The van der Waals surface area contributed by atoms with Crippen molar-refractivity contribution in [3.8, 4) is 11.1 Å². The lowest BCUT2D eigenvalue weighted by Crippen LogP contribution is -2.31. The van der Waals surface area contributed by atoms with Gasteiger partial charge in [-0.05, 0) is 34.2 Å². The number of amides is 2. The van der Waals surface area contributed by atoms with Gasteiger partial charge in [-0.15, -0.1) is 10.2 Å². The summed E-state index contributed by atoms with van der Waals surface area (Å²) >= 11 is 1.59. The monoisotopic (exact) mass is 631 g/mol. The molecule has 0 saturated carbocycles. The SMILES string of the molecule is Cn1cnnc1SC[C@H]1C[C@@H](c2ccc(CO)cc2)O[C@@H](c2ccc(-c3ccccc3CNC(=O)CCCC(=O)NO)cc2)O1. The summed E-state index contributed by atoms with van der Waals surface area (Å²) in [4.78, 5) is 23.5. The van der Waals surface area contributed by atoms with Crippen LogP contribution in [0.4, 0.5) is 0 Å². The van der Waals surface area contributed by atoms with Crippen molar-refractivity contribution < 1.29 is 29.4 Å². The van der Waals surface area contributed by atoms with Crippen LogP contribution in [-0.4, -0.2) is 48.7 Å². The van der Waals surface area contributed by atoms with Gasteiger partial charge in [0.15, 0.2) is 11.4 Å². The first-order valence-corrected chi connectivity index (χ1v) is 15.8. The number of aryl methyl sites for hydroxylation is 1. The Morgan fingerprint density at radius 2 is 1.71 bits per heavy atom. The van der Waals surface area contributed by atoms with E-state index in [1.165, 1.54) is 0 Å². The van der Waals surface area contributed by atoms with E-state index in [1.807, 2.05) is 84.4 Å². The van der Waals surface area contributed by atoms with E-state index in [0.717, 1.165) is 38.5 Å². The predicted octanol–water partition coefficient (Wildman–Crippen LogP) is 4.60. The number of nitrogens with one attached hydrogen (secondary N) is 2. The lowest BCUT2D eigenvalue weighted by atomic mass is 9.97. The maximum absolute atomic E-state index is 12.3. The van der Waals surface area contributed by atoms with Crippen LogP contribution in [0.2, 0.25) is 0 Å². The normalized spacial score (nSPS) is 18.0. The van der Waals surface area contributed by atoms with Crippen LogP contribution in [0.3, 0.4) is 0 Å². The van der Waals surface area contributed by atoms with E-state index in [9.17, 15) is 14.7 Å². The molecule has 4 N–H and O–H groups in total. The molecule has 2 amide bonds. The molecule has 0 spiro atoms. The number of aliphatic hydroxyl groups is 1. The molecule has 0 radical (unpaired) electrons. The smallest absolute Gasteiger partial charge is 0.243 e. The molecule has 236 valence electrons. The maximum Gasteiger partial charge on any atom is 0.243 e. The number of nitrogens with zero attached hydrogens (tertiary/aromatic N) is 3. The number of hydrogen-bond donors (Lipinski definition) is 4. The number of hydrogen-bond acceptors (Lipinski definition) is 9. The highest BCUT2D eigenvalue weighted by Crippen LogP contribution is 2.39. The number of rotatable bonds is 13. The van der Waals surface area contributed by atoms with Crippen LogP contribution in [0.25, 0.3) is 11.1 Å². The van der Waals surface area contributed by atoms with Crippen molar-refractivity contribution >= 4 is 23.6 Å². The summed E-state index contributed by atoms with van der Waals surface area (Å²) in [6.07, 6.45) is 2.10. The van der Waals surface area contributed by atoms with Crippen LogP contribution < -0.4 is 10.8 Å². The molecule has 1 fully saturated rings. The molecule has 3 atom stereocenters. The Labute approximate surface area is 265 Å². The number of ether oxygens (including phenoxy) is 2. The van der Waals surface area contributed by atoms with Gasteiger partial charge in [-0.2, -0.15) is 0 Å². The predicted molar refractivity (Wildman–Crippen MR) is 168 cm³/mol. The Hall–Kier alpha value is -4.07. The molecule has 12 heteroatoms. The Morgan fingerprint density at radius 1 is 0.978 bits per heavy atom. The molecule has 1 aliphatic heterocycles. The van der Waals surface area contributed by atoms with Gasteiger partial charge in [0.2, 0.25) is 11.8 Å². The highest BCUT2D eigenvalue weighted by atomic mass is 32.2. The molecule has 45 heavy (non-hydrogen) atoms. The summed E-state index contributed by atoms with van der Waals surface area (Å²) < 4.78 is 14.8. The van der Waals surface area contributed by atoms with E-state index in [4.69, 9.17) is 14.7 Å². The minimum absolute atomic E-state index is 0.0120. The van der Waals surface area contributed by atoms with Crippen LogP contribution in [0.1, 0.15) is 60.3 Å². The topological polar surface area (TPSA) is 148 Å². The fourth-order valence-electron chi connectivity index (χ4n) is 5.12. The fraction of sp³-hybridized carbons (Fsp3) is 0.333. The molecule has 1 aliphatic rings. The van der Waals surface area contributed by atoms with Gasteiger partial charge in [-0.1, -0.05) is 84.6 Å². The molecule has 2 heterocycles. The van der Waals surface area contributed by atoms with Crippen molar-refractivity contribution in [3.63, 3.8) is 0 Å². The number of thioether (sulfide) groups is 1. The van der Waals surface area contributed by atoms with Crippen molar-refractivity contribution in [2.24, 2.45) is 7.05 Å². The first-order valence-electron chi connectivity index (χ1n) is 14.8. The average molecular weight is 632 g/mol. The molecule has 3 aromatic carbocycles. The molecule has 11 nitrogen and oxygen atoms in total. The first-order chi connectivity index (χ1) is 21.9. The van der Waals surface area contributed by atoms with Gasteiger partial charge >= 0.3 is 0 Å². The van der Waals surface area contributed by atoms with Gasteiger partial charge in [-0.3, -0.25) is 14.8 Å². The van der Waals surface area contributed by atoms with Gasteiger partial charge in [-0.25, -0.2) is 5.48 Å². The van der Waals surface area contributed by atoms with Crippen molar-refractivity contribution in [2.75, 3.05) is 5.75 Å². The van der Waals surface area contributed by atoms with Crippen molar-refractivity contribution in [3.05, 3.63) is 101 Å². The first kappa shape index (κ1) is 32.3. The van der Waals surface area contributed by atoms with E-state index in [1.54, 1.807) is 23.6 Å². The molecular formula is C33H37N5O6S. The van der Waals surface area contributed by atoms with Crippen molar-refractivity contribution in [2.45, 2.75) is 62.5 Å². The number of hydroxylamine groups is 1. The third-order valence-corrected chi connectivity index (χ3v) is 8.77. The molecule has 0 aliphatic carbocycles. The van der Waals surface area contributed by atoms with Gasteiger partial charge in [0.05, 0.1) is 18.8 Å². The van der Waals surface area contributed by atoms with E-state index >= 15 is 0 Å². The number of aliphatic hydroxyl groups excluding tert-OH is 1. The largest absolute Gasteiger partial charge is 0.392 e. The zero-order valence-electron chi connectivity index (χ0n) is 25.0. The second-order valence-corrected chi connectivity index (χ2v) is 11.8. The van der Waals surface area contributed by atoms with Crippen molar-refractivity contribution in [1.82, 2.24) is 25.6 Å². The molecular weight excluding hydrogens is 594 g/mol. The summed E-state index contributed by atoms with van der Waals surface area (Å²) in [6.45, 7) is 0.335. The molecule has 5 rings (SSSR count). The third kappa shape index (κ3) is 8.77. The van der Waals surface area contributed by atoms with E-state index in [0.29, 0.717) is 25.1 Å². The maximum atomic E-state index is 12.3. The van der Waals surface area contributed by atoms with E-state index in [2.05, 4.69) is 15.5 Å². The van der Waals surface area contributed by atoms with Gasteiger partial charge in [0, 0.05) is 44.2 Å². The quantitative estimate of drug-likeness (QED) is 0.0944. The van der Waals surface area contributed by atoms with Gasteiger partial charge in [0.1, 0.15) is 6.33 Å². The Kier molecular flexibility index (Phi) is 11.3. The van der Waals surface area contributed by atoms with Gasteiger partial charge in [0.25, 0.3) is 0 Å². The fourth-order valence-corrected chi connectivity index (χ4v) is 6.02. The highest BCUT2D eigenvalue weighted by Gasteiger charge is 2.32. The second kappa shape index (κ2) is 15.8. The number of carbonyl (C=O) groups excluding carboxylic acids is 2. The summed E-state index contributed by atoms with van der Waals surface area (Å²) in [6, 6.07) is 23.8. The van der Waals surface area contributed by atoms with Crippen LogP contribution >= 0.6 is 11.8 Å². The Morgan fingerprint density at radius 3 is 2.42 bits per heavy atom. The lowest BCUT2D eigenvalue weighted by molar-refractivity contribution is -0.245. The number of benzene rings is 3. The van der Waals surface area contributed by atoms with Crippen LogP contribution in [-0.2, 0) is 39.3 Å². The number of aromatic nitrogens is 3.